The van der Waals surface area contributed by atoms with Crippen molar-refractivity contribution in [2.75, 3.05) is 13.2 Å². The Hall–Kier alpha value is -2.63. The van der Waals surface area contributed by atoms with E-state index < -0.39 is 6.10 Å². The van der Waals surface area contributed by atoms with E-state index in [2.05, 4.69) is 69.4 Å². The minimum absolute atomic E-state index is 0.0674. The van der Waals surface area contributed by atoms with Gasteiger partial charge >= 0.3 is 17.9 Å². The number of hydrogen-bond donors (Lipinski definition) is 0. The van der Waals surface area contributed by atoms with Gasteiger partial charge in [-0.05, 0) is 57.8 Å². The molecule has 0 amide bonds. The number of allylic oxidation sites excluding steroid dienone is 8. The molecule has 0 saturated carbocycles. The molecule has 0 heterocycles. The first kappa shape index (κ1) is 70.4. The van der Waals surface area contributed by atoms with Gasteiger partial charge in [0.05, 0.1) is 0 Å². The first-order valence-electron chi connectivity index (χ1n) is 32.1. The molecule has 0 saturated heterocycles. The maximum absolute atomic E-state index is 12.9. The lowest BCUT2D eigenvalue weighted by Crippen LogP contribution is -2.30. The summed E-state index contributed by atoms with van der Waals surface area (Å²) in [5.41, 5.74) is 0. The van der Waals surface area contributed by atoms with Crippen molar-refractivity contribution in [2.24, 2.45) is 0 Å². The third-order valence-corrected chi connectivity index (χ3v) is 14.3. The van der Waals surface area contributed by atoms with Crippen LogP contribution < -0.4 is 0 Å². The normalized spacial score (nSPS) is 12.3. The van der Waals surface area contributed by atoms with Crippen LogP contribution in [-0.2, 0) is 28.6 Å². The molecule has 0 fully saturated rings. The maximum Gasteiger partial charge on any atom is 0.306 e. The van der Waals surface area contributed by atoms with Crippen molar-refractivity contribution < 1.29 is 28.6 Å². The molecule has 0 N–H and O–H groups in total. The number of carbonyl (C=O) groups is 3. The average Bonchev–Trinajstić information content (AvgIpc) is 3.39. The van der Waals surface area contributed by atoms with Crippen LogP contribution in [0, 0.1) is 0 Å². The third-order valence-electron chi connectivity index (χ3n) is 14.3. The van der Waals surface area contributed by atoms with Gasteiger partial charge in [-0.2, -0.15) is 0 Å². The van der Waals surface area contributed by atoms with Crippen LogP contribution in [-0.4, -0.2) is 37.2 Å². The summed E-state index contributed by atoms with van der Waals surface area (Å²) in [6, 6.07) is 0. The number of ether oxygens (including phenoxy) is 3. The van der Waals surface area contributed by atoms with Crippen LogP contribution >= 0.6 is 0 Å². The highest BCUT2D eigenvalue weighted by Crippen LogP contribution is 2.18. The summed E-state index contributed by atoms with van der Waals surface area (Å²) in [4.78, 5) is 38.3. The van der Waals surface area contributed by atoms with E-state index in [0.717, 1.165) is 83.5 Å². The highest BCUT2D eigenvalue weighted by molar-refractivity contribution is 5.71. The Morgan fingerprint density at radius 3 is 0.836 bits per heavy atom. The summed E-state index contributed by atoms with van der Waals surface area (Å²) >= 11 is 0. The molecule has 1 unspecified atom stereocenters. The van der Waals surface area contributed by atoms with Gasteiger partial charge in [-0.3, -0.25) is 14.4 Å². The summed E-state index contributed by atoms with van der Waals surface area (Å²) in [5.74, 6) is -0.846. The predicted octanol–water partition coefficient (Wildman–Crippen LogP) is 21.8. The molecule has 0 bridgehead atoms. The molecule has 0 aliphatic rings. The second kappa shape index (κ2) is 61.9. The number of hydrogen-bond acceptors (Lipinski definition) is 6. The molecule has 6 nitrogen and oxygen atoms in total. The number of carbonyl (C=O) groups excluding carboxylic acids is 3. The van der Waals surface area contributed by atoms with Gasteiger partial charge in [-0.1, -0.05) is 313 Å². The van der Waals surface area contributed by atoms with Crippen LogP contribution in [0.25, 0.3) is 0 Å². The Labute approximate surface area is 454 Å². The fraction of sp³-hybridized carbons (Fsp3) is 0.836. The van der Waals surface area contributed by atoms with E-state index >= 15 is 0 Å². The molecule has 0 rings (SSSR count). The minimum Gasteiger partial charge on any atom is -0.462 e. The van der Waals surface area contributed by atoms with E-state index in [1.54, 1.807) is 0 Å². The highest BCUT2D eigenvalue weighted by Gasteiger charge is 2.19. The van der Waals surface area contributed by atoms with Crippen molar-refractivity contribution in [1.82, 2.24) is 0 Å². The van der Waals surface area contributed by atoms with Crippen molar-refractivity contribution in [1.29, 1.82) is 0 Å². The molecule has 1 atom stereocenters. The molecule has 0 aromatic rings. The lowest BCUT2D eigenvalue weighted by atomic mass is 10.0. The van der Waals surface area contributed by atoms with Gasteiger partial charge in [0.2, 0.25) is 0 Å². The number of rotatable bonds is 59. The van der Waals surface area contributed by atoms with E-state index in [9.17, 15) is 14.4 Å². The van der Waals surface area contributed by atoms with Gasteiger partial charge in [0.25, 0.3) is 0 Å². The van der Waals surface area contributed by atoms with Crippen LogP contribution in [0.4, 0.5) is 0 Å². The predicted molar refractivity (Wildman–Crippen MR) is 316 cm³/mol. The van der Waals surface area contributed by atoms with Gasteiger partial charge in [0.1, 0.15) is 13.2 Å². The van der Waals surface area contributed by atoms with Crippen LogP contribution in [0.3, 0.4) is 0 Å². The Morgan fingerprint density at radius 1 is 0.288 bits per heavy atom. The van der Waals surface area contributed by atoms with Gasteiger partial charge in [0, 0.05) is 19.3 Å². The Morgan fingerprint density at radius 2 is 0.534 bits per heavy atom. The van der Waals surface area contributed by atoms with E-state index in [-0.39, 0.29) is 31.1 Å². The van der Waals surface area contributed by atoms with Crippen molar-refractivity contribution in [3.8, 4) is 0 Å². The zero-order valence-corrected chi connectivity index (χ0v) is 48.9. The summed E-state index contributed by atoms with van der Waals surface area (Å²) < 4.78 is 16.9. The van der Waals surface area contributed by atoms with Gasteiger partial charge in [-0.15, -0.1) is 0 Å². The molecule has 0 aromatic carbocycles. The quantitative estimate of drug-likeness (QED) is 0.0261. The summed E-state index contributed by atoms with van der Waals surface area (Å²) in [7, 11) is 0. The highest BCUT2D eigenvalue weighted by atomic mass is 16.6. The first-order chi connectivity index (χ1) is 36.0. The lowest BCUT2D eigenvalue weighted by Gasteiger charge is -2.18. The number of unbranched alkanes of at least 4 members (excludes halogenated alkanes) is 40. The molecular formula is C67H122O6. The van der Waals surface area contributed by atoms with Crippen LogP contribution in [0.1, 0.15) is 342 Å². The smallest absolute Gasteiger partial charge is 0.306 e. The van der Waals surface area contributed by atoms with Crippen LogP contribution in [0.15, 0.2) is 48.6 Å². The van der Waals surface area contributed by atoms with E-state index in [1.165, 1.54) is 218 Å². The fourth-order valence-corrected chi connectivity index (χ4v) is 9.56. The molecule has 73 heavy (non-hydrogen) atoms. The summed E-state index contributed by atoms with van der Waals surface area (Å²) in [5, 5.41) is 0. The monoisotopic (exact) mass is 1020 g/mol. The molecule has 6 heteroatoms. The van der Waals surface area contributed by atoms with Crippen LogP contribution in [0.2, 0.25) is 0 Å². The van der Waals surface area contributed by atoms with Crippen molar-refractivity contribution in [2.45, 2.75) is 348 Å². The summed E-state index contributed by atoms with van der Waals surface area (Å²) in [6.07, 6.45) is 76.9. The molecule has 0 spiro atoms. The average molecular weight is 1020 g/mol. The minimum atomic E-state index is -0.770. The molecule has 426 valence electrons. The lowest BCUT2D eigenvalue weighted by molar-refractivity contribution is -0.167. The van der Waals surface area contributed by atoms with Crippen molar-refractivity contribution in [3.63, 3.8) is 0 Å². The Bertz CT molecular complexity index is 1270. The van der Waals surface area contributed by atoms with Crippen LogP contribution in [0.5, 0.6) is 0 Å². The molecule has 0 radical (unpaired) electrons. The molecule has 0 aromatic heterocycles. The molecule has 0 aliphatic carbocycles. The van der Waals surface area contributed by atoms with Crippen molar-refractivity contribution >= 4 is 17.9 Å². The van der Waals surface area contributed by atoms with Crippen molar-refractivity contribution in [3.05, 3.63) is 48.6 Å². The largest absolute Gasteiger partial charge is 0.462 e. The Kier molecular flexibility index (Phi) is 59.7. The Balaban J connectivity index is 4.25. The van der Waals surface area contributed by atoms with Gasteiger partial charge in [0.15, 0.2) is 6.10 Å². The topological polar surface area (TPSA) is 78.9 Å². The third kappa shape index (κ3) is 60.1. The fourth-order valence-electron chi connectivity index (χ4n) is 9.56. The van der Waals surface area contributed by atoms with E-state index in [4.69, 9.17) is 14.2 Å². The second-order valence-electron chi connectivity index (χ2n) is 21.7. The first-order valence-corrected chi connectivity index (χ1v) is 32.1. The zero-order chi connectivity index (χ0) is 52.9. The van der Waals surface area contributed by atoms with E-state index in [0.29, 0.717) is 19.3 Å². The van der Waals surface area contributed by atoms with Gasteiger partial charge in [-0.25, -0.2) is 0 Å². The van der Waals surface area contributed by atoms with Gasteiger partial charge < -0.3 is 14.2 Å². The SMILES string of the molecule is CC/C=C\C/C=C\C/C=C\C/C=C\CCCCCCCCCCCCCCC(=O)OCC(COC(=O)CCCCCCCCCCCCCCC)OC(=O)CCCCCCCCCCCCCCCCCCC. The molecular weight excluding hydrogens is 901 g/mol. The molecule has 0 aliphatic heterocycles. The number of esters is 3. The summed E-state index contributed by atoms with van der Waals surface area (Å²) in [6.45, 7) is 6.58. The second-order valence-corrected chi connectivity index (χ2v) is 21.7. The zero-order valence-electron chi connectivity index (χ0n) is 48.9. The van der Waals surface area contributed by atoms with E-state index in [1.807, 2.05) is 0 Å². The maximum atomic E-state index is 12.9. The standard InChI is InChI=1S/C67H122O6/c1-4-7-10-13-16-19-22-25-27-29-30-31-32-33-34-35-36-38-39-42-45-48-51-54-57-60-66(69)72-63-64(62-71-65(68)59-56-53-50-47-44-41-24-21-18-15-12-9-6-3)73-67(70)61-58-55-52-49-46-43-40-37-28-26-23-20-17-14-11-8-5-2/h7,10,16,19,25,27,30-31,64H,4-6,8-9,11-15,17-18,20-24,26,28-29,32-63H2,1-3H3/b10-7-,19-16-,27-25-,31-30-.